The van der Waals surface area contributed by atoms with E-state index >= 15 is 0 Å². The number of carbonyl (C=O) groups is 2. The van der Waals surface area contributed by atoms with Gasteiger partial charge in [-0.2, -0.15) is 0 Å². The van der Waals surface area contributed by atoms with E-state index in [1.807, 2.05) is 0 Å². The van der Waals surface area contributed by atoms with Crippen molar-refractivity contribution in [1.82, 2.24) is 0 Å². The van der Waals surface area contributed by atoms with Crippen LogP contribution in [0.4, 0.5) is 0 Å². The SMILES string of the molecule is O=C(O[C@@H]1C[C@@](O)(C(=O)O)C[C@H](O)[C@H]1O)c1cc(O)c(O)c(O)c1. The lowest BCUT2D eigenvalue weighted by atomic mass is 9.79. The quantitative estimate of drug-likeness (QED) is 0.256. The maximum absolute atomic E-state index is 12.0. The topological polar surface area (TPSA) is 185 Å². The van der Waals surface area contributed by atoms with Gasteiger partial charge in [0, 0.05) is 12.8 Å². The number of carboxylic acid groups (broad SMARTS) is 1. The molecule has 0 amide bonds. The van der Waals surface area contributed by atoms with Gasteiger partial charge in [-0.25, -0.2) is 9.59 Å². The Labute approximate surface area is 134 Å². The van der Waals surface area contributed by atoms with Crippen LogP contribution in [0, 0.1) is 0 Å². The minimum absolute atomic E-state index is 0.395. The molecule has 24 heavy (non-hydrogen) atoms. The molecule has 0 heterocycles. The summed E-state index contributed by atoms with van der Waals surface area (Å²) in [6.07, 6.45) is -6.12. The molecule has 1 aliphatic rings. The summed E-state index contributed by atoms with van der Waals surface area (Å²) in [6, 6.07) is 1.57. The highest BCUT2D eigenvalue weighted by atomic mass is 16.6. The van der Waals surface area contributed by atoms with E-state index in [1.165, 1.54) is 0 Å². The maximum atomic E-state index is 12.0. The van der Waals surface area contributed by atoms with Gasteiger partial charge >= 0.3 is 11.9 Å². The van der Waals surface area contributed by atoms with Crippen LogP contribution in [-0.4, -0.2) is 71.6 Å². The average molecular weight is 344 g/mol. The number of phenols is 3. The third-order valence-electron chi connectivity index (χ3n) is 3.82. The van der Waals surface area contributed by atoms with Crippen molar-refractivity contribution in [2.24, 2.45) is 0 Å². The number of esters is 1. The van der Waals surface area contributed by atoms with Crippen LogP contribution in [0.25, 0.3) is 0 Å². The molecule has 0 aliphatic heterocycles. The van der Waals surface area contributed by atoms with Gasteiger partial charge in [0.25, 0.3) is 0 Å². The first kappa shape index (κ1) is 17.8. The van der Waals surface area contributed by atoms with Gasteiger partial charge in [-0.1, -0.05) is 0 Å². The average Bonchev–Trinajstić information content (AvgIpc) is 2.49. The van der Waals surface area contributed by atoms with Gasteiger partial charge < -0.3 is 40.5 Å². The molecule has 1 saturated carbocycles. The summed E-state index contributed by atoms with van der Waals surface area (Å²) in [6.45, 7) is 0. The number of aliphatic carboxylic acids is 1. The minimum Gasteiger partial charge on any atom is -0.504 e. The van der Waals surface area contributed by atoms with Crippen LogP contribution >= 0.6 is 0 Å². The molecule has 0 saturated heterocycles. The Bertz CT molecular complexity index is 649. The Morgan fingerprint density at radius 2 is 1.62 bits per heavy atom. The molecule has 132 valence electrons. The van der Waals surface area contributed by atoms with Gasteiger partial charge in [-0.3, -0.25) is 0 Å². The highest BCUT2D eigenvalue weighted by Crippen LogP contribution is 2.36. The predicted molar refractivity (Wildman–Crippen MR) is 74.5 cm³/mol. The van der Waals surface area contributed by atoms with E-state index in [2.05, 4.69) is 0 Å². The van der Waals surface area contributed by atoms with Crippen molar-refractivity contribution < 1.29 is 50.1 Å². The lowest BCUT2D eigenvalue weighted by Crippen LogP contribution is -2.57. The van der Waals surface area contributed by atoms with Crippen LogP contribution in [0.2, 0.25) is 0 Å². The molecular formula is C14H16O10. The molecule has 10 heteroatoms. The van der Waals surface area contributed by atoms with Gasteiger partial charge in [0.05, 0.1) is 11.7 Å². The molecule has 0 radical (unpaired) electrons. The van der Waals surface area contributed by atoms with Crippen molar-refractivity contribution in [1.29, 1.82) is 0 Å². The van der Waals surface area contributed by atoms with Crippen molar-refractivity contribution in [3.63, 3.8) is 0 Å². The van der Waals surface area contributed by atoms with Gasteiger partial charge in [0.2, 0.25) is 0 Å². The van der Waals surface area contributed by atoms with E-state index in [0.29, 0.717) is 0 Å². The molecule has 10 nitrogen and oxygen atoms in total. The first-order valence-corrected chi connectivity index (χ1v) is 6.83. The van der Waals surface area contributed by atoms with Crippen LogP contribution in [-0.2, 0) is 9.53 Å². The van der Waals surface area contributed by atoms with Gasteiger partial charge in [-0.05, 0) is 12.1 Å². The predicted octanol–water partition coefficient (Wildman–Crippen LogP) is -1.34. The number of aliphatic hydroxyl groups excluding tert-OH is 2. The number of phenolic OH excluding ortho intramolecular Hbond substituents is 3. The molecule has 7 N–H and O–H groups in total. The standard InChI is InChI=1S/C14H16O10/c15-6-1-5(2-7(16)10(6)18)12(20)24-9-4-14(23,13(21)22)3-8(17)11(9)19/h1-2,8-9,11,15-19,23H,3-4H2,(H,21,22)/t8-,9+,11+,14+/m0/s1. The highest BCUT2D eigenvalue weighted by molar-refractivity contribution is 5.91. The number of benzene rings is 1. The lowest BCUT2D eigenvalue weighted by Gasteiger charge is -2.39. The Hall–Kier alpha value is -2.56. The summed E-state index contributed by atoms with van der Waals surface area (Å²) in [5, 5.41) is 66.4. The Balaban J connectivity index is 2.22. The van der Waals surface area contributed by atoms with Gasteiger partial charge in [0.15, 0.2) is 22.8 Å². The summed E-state index contributed by atoms with van der Waals surface area (Å²) < 4.78 is 4.88. The summed E-state index contributed by atoms with van der Waals surface area (Å²) >= 11 is 0. The molecule has 1 aromatic carbocycles. The van der Waals surface area contributed by atoms with Crippen molar-refractivity contribution in [2.75, 3.05) is 0 Å². The van der Waals surface area contributed by atoms with Crippen molar-refractivity contribution in [2.45, 2.75) is 36.8 Å². The fourth-order valence-electron chi connectivity index (χ4n) is 2.46. The largest absolute Gasteiger partial charge is 0.504 e. The van der Waals surface area contributed by atoms with Crippen molar-refractivity contribution in [3.05, 3.63) is 17.7 Å². The van der Waals surface area contributed by atoms with Crippen molar-refractivity contribution in [3.8, 4) is 17.2 Å². The minimum atomic E-state index is -2.39. The zero-order valence-corrected chi connectivity index (χ0v) is 12.2. The first-order chi connectivity index (χ1) is 11.0. The smallest absolute Gasteiger partial charge is 0.338 e. The molecule has 4 atom stereocenters. The number of hydrogen-bond acceptors (Lipinski definition) is 9. The number of hydrogen-bond donors (Lipinski definition) is 7. The second-order valence-electron chi connectivity index (χ2n) is 5.61. The monoisotopic (exact) mass is 344 g/mol. The molecular weight excluding hydrogens is 328 g/mol. The number of aliphatic hydroxyl groups is 3. The second-order valence-corrected chi connectivity index (χ2v) is 5.61. The molecule has 1 fully saturated rings. The Morgan fingerprint density at radius 3 is 2.12 bits per heavy atom. The normalized spacial score (nSPS) is 29.9. The zero-order valence-electron chi connectivity index (χ0n) is 12.2. The maximum Gasteiger partial charge on any atom is 0.338 e. The Morgan fingerprint density at radius 1 is 1.08 bits per heavy atom. The summed E-state index contributed by atoms with van der Waals surface area (Å²) in [5.41, 5.74) is -2.78. The van der Waals surface area contributed by atoms with Gasteiger partial charge in [0.1, 0.15) is 12.2 Å². The number of aromatic hydroxyl groups is 3. The molecule has 0 aromatic heterocycles. The number of rotatable bonds is 3. The second kappa shape index (κ2) is 6.15. The molecule has 1 aromatic rings. The van der Waals surface area contributed by atoms with E-state index < -0.39 is 71.5 Å². The highest BCUT2D eigenvalue weighted by Gasteiger charge is 2.50. The molecule has 2 rings (SSSR count). The fraction of sp³-hybridized carbons (Fsp3) is 0.429. The number of carboxylic acids is 1. The third-order valence-corrected chi connectivity index (χ3v) is 3.82. The number of carbonyl (C=O) groups excluding carboxylic acids is 1. The van der Waals surface area contributed by atoms with E-state index in [-0.39, 0.29) is 0 Å². The van der Waals surface area contributed by atoms with E-state index in [0.717, 1.165) is 12.1 Å². The molecule has 0 bridgehead atoms. The molecule has 1 aliphatic carbocycles. The Kier molecular flexibility index (Phi) is 4.56. The summed E-state index contributed by atoms with van der Waals surface area (Å²) in [7, 11) is 0. The first-order valence-electron chi connectivity index (χ1n) is 6.83. The van der Waals surface area contributed by atoms with E-state index in [9.17, 15) is 40.2 Å². The summed E-state index contributed by atoms with van der Waals surface area (Å²) in [4.78, 5) is 23.1. The van der Waals surface area contributed by atoms with Gasteiger partial charge in [-0.15, -0.1) is 0 Å². The zero-order chi connectivity index (χ0) is 18.2. The van der Waals surface area contributed by atoms with Crippen LogP contribution in [0.5, 0.6) is 17.2 Å². The fourth-order valence-corrected chi connectivity index (χ4v) is 2.46. The van der Waals surface area contributed by atoms with Crippen LogP contribution in [0.1, 0.15) is 23.2 Å². The third kappa shape index (κ3) is 3.20. The van der Waals surface area contributed by atoms with Crippen LogP contribution < -0.4 is 0 Å². The van der Waals surface area contributed by atoms with E-state index in [4.69, 9.17) is 9.84 Å². The van der Waals surface area contributed by atoms with E-state index in [1.54, 1.807) is 0 Å². The molecule has 0 unspecified atom stereocenters. The lowest BCUT2D eigenvalue weighted by molar-refractivity contribution is -0.187. The van der Waals surface area contributed by atoms with Crippen LogP contribution in [0.15, 0.2) is 12.1 Å². The number of ether oxygens (including phenoxy) is 1. The van der Waals surface area contributed by atoms with Crippen molar-refractivity contribution >= 4 is 11.9 Å². The summed E-state index contributed by atoms with van der Waals surface area (Å²) in [5.74, 6) is -5.26. The van der Waals surface area contributed by atoms with Crippen LogP contribution in [0.3, 0.4) is 0 Å². The molecule has 0 spiro atoms.